The number of nitrogens with zero attached hydrogens (tertiary/aromatic N) is 3. The lowest BCUT2D eigenvalue weighted by Crippen LogP contribution is -2.47. The number of nitrogens with one attached hydrogen (secondary N) is 1. The van der Waals surface area contributed by atoms with Gasteiger partial charge in [-0.2, -0.15) is 4.98 Å². The summed E-state index contributed by atoms with van der Waals surface area (Å²) in [5.41, 5.74) is 1.16. The van der Waals surface area contributed by atoms with E-state index in [1.54, 1.807) is 0 Å². The van der Waals surface area contributed by atoms with Crippen molar-refractivity contribution >= 4 is 24.4 Å². The normalized spacial score (nSPS) is 24.5. The smallest absolute Gasteiger partial charge is 0.217 e. The van der Waals surface area contributed by atoms with Gasteiger partial charge < -0.3 is 0 Å². The Kier molecular flexibility index (Phi) is 5.13. The van der Waals surface area contributed by atoms with Crippen molar-refractivity contribution in [2.45, 2.75) is 51.2 Å². The molecule has 25 heavy (non-hydrogen) atoms. The minimum Gasteiger partial charge on any atom is -0.281 e. The Hall–Kier alpha value is -1.72. The van der Waals surface area contributed by atoms with Crippen LogP contribution in [-0.2, 0) is 6.67 Å². The second-order valence-corrected chi connectivity index (χ2v) is 7.64. The monoisotopic (exact) mass is 354 g/mol. The first kappa shape index (κ1) is 16.7. The van der Waals surface area contributed by atoms with E-state index in [4.69, 9.17) is 12.2 Å². The van der Waals surface area contributed by atoms with E-state index in [9.17, 15) is 0 Å². The predicted octanol–water partition coefficient (Wildman–Crippen LogP) is 4.72. The van der Waals surface area contributed by atoms with Gasteiger partial charge in [-0.15, -0.1) is 0 Å². The Bertz CT molecular complexity index is 774. The maximum Gasteiger partial charge on any atom is 0.217 e. The molecule has 0 spiro atoms. The Morgan fingerprint density at radius 3 is 2.76 bits per heavy atom. The van der Waals surface area contributed by atoms with Gasteiger partial charge in [0.25, 0.3) is 0 Å². The van der Waals surface area contributed by atoms with Crippen LogP contribution < -0.4 is 0 Å². The van der Waals surface area contributed by atoms with E-state index < -0.39 is 0 Å². The summed E-state index contributed by atoms with van der Waals surface area (Å²) >= 11 is 5.48. The van der Waals surface area contributed by atoms with Crippen LogP contribution in [0.25, 0.3) is 12.2 Å². The first-order chi connectivity index (χ1) is 12.3. The van der Waals surface area contributed by atoms with Gasteiger partial charge in [-0.25, -0.2) is 4.68 Å². The maximum absolute atomic E-state index is 5.48. The summed E-state index contributed by atoms with van der Waals surface area (Å²) < 4.78 is 2.67. The van der Waals surface area contributed by atoms with Crippen LogP contribution in [0.4, 0.5) is 0 Å². The van der Waals surface area contributed by atoms with Gasteiger partial charge in [-0.3, -0.25) is 10.00 Å². The molecule has 1 saturated heterocycles. The summed E-state index contributed by atoms with van der Waals surface area (Å²) in [6, 6.07) is 11.0. The molecular weight excluding hydrogens is 328 g/mol. The molecule has 2 unspecified atom stereocenters. The van der Waals surface area contributed by atoms with E-state index in [0.29, 0.717) is 4.77 Å². The van der Waals surface area contributed by atoms with E-state index >= 15 is 0 Å². The van der Waals surface area contributed by atoms with Gasteiger partial charge in [-0.1, -0.05) is 49.2 Å². The Balaban J connectivity index is 1.47. The van der Waals surface area contributed by atoms with E-state index in [1.165, 1.54) is 45.1 Å². The van der Waals surface area contributed by atoms with Crippen molar-refractivity contribution in [3.05, 3.63) is 46.5 Å². The Morgan fingerprint density at radius 1 is 1.08 bits per heavy atom. The molecule has 2 aromatic rings. The van der Waals surface area contributed by atoms with Gasteiger partial charge in [0.1, 0.15) is 5.82 Å². The molecule has 2 aliphatic rings. The van der Waals surface area contributed by atoms with Gasteiger partial charge in [0.05, 0.1) is 6.67 Å². The molecule has 1 N–H and O–H groups in total. The number of rotatable bonds is 4. The highest BCUT2D eigenvalue weighted by atomic mass is 32.1. The van der Waals surface area contributed by atoms with Crippen LogP contribution in [0.1, 0.15) is 49.9 Å². The number of benzene rings is 1. The second-order valence-electron chi connectivity index (χ2n) is 7.27. The molecule has 1 saturated carbocycles. The lowest BCUT2D eigenvalue weighted by Gasteiger charge is -2.44. The molecule has 0 amide bonds. The van der Waals surface area contributed by atoms with Crippen molar-refractivity contribution in [3.8, 4) is 0 Å². The molecule has 1 aliphatic carbocycles. The Labute approximate surface area is 154 Å². The van der Waals surface area contributed by atoms with Gasteiger partial charge in [0.2, 0.25) is 4.77 Å². The summed E-state index contributed by atoms with van der Waals surface area (Å²) in [6.07, 6.45) is 12.3. The molecule has 5 heteroatoms. The number of piperidine rings is 1. The average molecular weight is 355 g/mol. The number of hydrogen-bond donors (Lipinski definition) is 1. The molecule has 2 heterocycles. The first-order valence-corrected chi connectivity index (χ1v) is 9.84. The van der Waals surface area contributed by atoms with Crippen LogP contribution in [0.15, 0.2) is 30.3 Å². The number of likely N-dealkylation sites (tertiary alicyclic amines) is 1. The van der Waals surface area contributed by atoms with Gasteiger partial charge in [0, 0.05) is 12.6 Å². The fourth-order valence-electron chi connectivity index (χ4n) is 4.37. The fourth-order valence-corrected chi connectivity index (χ4v) is 4.57. The van der Waals surface area contributed by atoms with Gasteiger partial charge in [-0.05, 0) is 55.5 Å². The van der Waals surface area contributed by atoms with E-state index in [-0.39, 0.29) is 0 Å². The molecule has 4 nitrogen and oxygen atoms in total. The third-order valence-electron chi connectivity index (χ3n) is 5.61. The predicted molar refractivity (Wildman–Crippen MR) is 104 cm³/mol. The maximum atomic E-state index is 5.48. The highest BCUT2D eigenvalue weighted by Crippen LogP contribution is 2.35. The summed E-state index contributed by atoms with van der Waals surface area (Å²) in [6.45, 7) is 2.02. The summed E-state index contributed by atoms with van der Waals surface area (Å²) in [4.78, 5) is 7.12. The molecule has 0 radical (unpaired) electrons. The number of H-pyrrole nitrogens is 1. The van der Waals surface area contributed by atoms with E-state index in [1.807, 2.05) is 29.0 Å². The third-order valence-corrected chi connectivity index (χ3v) is 5.92. The SMILES string of the molecule is S=c1nc(/C=C/c2ccccc2)[nH]n1CN1CCCC2CCCCC21. The van der Waals surface area contributed by atoms with Crippen molar-refractivity contribution in [1.29, 1.82) is 0 Å². The van der Waals surface area contributed by atoms with Crippen LogP contribution in [-0.4, -0.2) is 32.3 Å². The van der Waals surface area contributed by atoms with E-state index in [0.717, 1.165) is 30.0 Å². The third kappa shape index (κ3) is 3.93. The Morgan fingerprint density at radius 2 is 1.88 bits per heavy atom. The van der Waals surface area contributed by atoms with Crippen molar-refractivity contribution in [1.82, 2.24) is 19.7 Å². The van der Waals surface area contributed by atoms with Gasteiger partial charge >= 0.3 is 0 Å². The standard InChI is InChI=1S/C20H26N4S/c25-20-21-19(13-12-16-7-2-1-3-8-16)22-24(20)15-23-14-6-10-17-9-4-5-11-18(17)23/h1-3,7-8,12-13,17-18H,4-6,9-11,14-15H2,(H,21,22,25)/b13-12+. The molecule has 1 aromatic carbocycles. The van der Waals surface area contributed by atoms with Crippen molar-refractivity contribution in [2.24, 2.45) is 5.92 Å². The summed E-state index contributed by atoms with van der Waals surface area (Å²) in [5.74, 6) is 1.71. The first-order valence-electron chi connectivity index (χ1n) is 9.43. The quantitative estimate of drug-likeness (QED) is 0.807. The molecule has 4 rings (SSSR count). The lowest BCUT2D eigenvalue weighted by atomic mass is 9.78. The number of aromatic nitrogens is 3. The lowest BCUT2D eigenvalue weighted by molar-refractivity contribution is 0.0324. The van der Waals surface area contributed by atoms with Crippen LogP contribution in [0, 0.1) is 10.7 Å². The van der Waals surface area contributed by atoms with Crippen molar-refractivity contribution < 1.29 is 0 Å². The van der Waals surface area contributed by atoms with Crippen LogP contribution in [0.5, 0.6) is 0 Å². The molecule has 1 aliphatic heterocycles. The zero-order valence-corrected chi connectivity index (χ0v) is 15.4. The average Bonchev–Trinajstić information content (AvgIpc) is 3.01. The zero-order valence-electron chi connectivity index (χ0n) is 14.6. The molecule has 2 fully saturated rings. The van der Waals surface area contributed by atoms with Crippen molar-refractivity contribution in [3.63, 3.8) is 0 Å². The minimum absolute atomic E-state index is 0.644. The minimum atomic E-state index is 0.644. The van der Waals surface area contributed by atoms with Crippen LogP contribution >= 0.6 is 12.2 Å². The molecule has 1 aromatic heterocycles. The summed E-state index contributed by atoms with van der Waals surface area (Å²) in [5, 5.41) is 3.37. The topological polar surface area (TPSA) is 36.9 Å². The number of aromatic amines is 1. The van der Waals surface area contributed by atoms with Crippen LogP contribution in [0.3, 0.4) is 0 Å². The van der Waals surface area contributed by atoms with E-state index in [2.05, 4.69) is 33.2 Å². The highest BCUT2D eigenvalue weighted by molar-refractivity contribution is 7.71. The molecular formula is C20H26N4S. The second kappa shape index (κ2) is 7.67. The largest absolute Gasteiger partial charge is 0.281 e. The fraction of sp³-hybridized carbons (Fsp3) is 0.500. The van der Waals surface area contributed by atoms with Crippen molar-refractivity contribution in [2.75, 3.05) is 6.54 Å². The number of hydrogen-bond acceptors (Lipinski definition) is 3. The zero-order chi connectivity index (χ0) is 17.1. The molecule has 0 bridgehead atoms. The van der Waals surface area contributed by atoms with Crippen LogP contribution in [0.2, 0.25) is 0 Å². The molecule has 132 valence electrons. The number of fused-ring (bicyclic) bond motifs is 1. The summed E-state index contributed by atoms with van der Waals surface area (Å²) in [7, 11) is 0. The molecule has 2 atom stereocenters. The van der Waals surface area contributed by atoms with Gasteiger partial charge in [0.15, 0.2) is 0 Å². The highest BCUT2D eigenvalue weighted by Gasteiger charge is 2.33.